The van der Waals surface area contributed by atoms with E-state index in [1.807, 2.05) is 19.9 Å². The molecule has 2 heterocycles. The van der Waals surface area contributed by atoms with E-state index in [0.717, 1.165) is 43.5 Å². The number of aliphatic hydroxyl groups excluding tert-OH is 1. The molecule has 1 aromatic heterocycles. The lowest BCUT2D eigenvalue weighted by Crippen LogP contribution is -2.37. The molecular weight excluding hydrogens is 240 g/mol. The van der Waals surface area contributed by atoms with Gasteiger partial charge in [-0.1, -0.05) is 0 Å². The van der Waals surface area contributed by atoms with Crippen LogP contribution in [0.1, 0.15) is 24.4 Å². The Bertz CT molecular complexity index is 382. The second-order valence-corrected chi connectivity index (χ2v) is 5.33. The Kier molecular flexibility index (Phi) is 5.10. The van der Waals surface area contributed by atoms with E-state index in [-0.39, 0.29) is 6.61 Å². The van der Waals surface area contributed by atoms with Crippen LogP contribution >= 0.6 is 0 Å². The normalized spacial score (nSPS) is 17.6. The number of hydrogen-bond donors (Lipinski definition) is 2. The van der Waals surface area contributed by atoms with Crippen molar-refractivity contribution in [2.75, 3.05) is 38.1 Å². The molecule has 0 spiro atoms. The zero-order valence-corrected chi connectivity index (χ0v) is 11.9. The Balaban J connectivity index is 1.77. The number of nitrogens with zero attached hydrogens (tertiary/aromatic N) is 3. The lowest BCUT2D eigenvalue weighted by molar-refractivity contribution is 0.151. The van der Waals surface area contributed by atoms with Crippen LogP contribution in [0, 0.1) is 19.8 Å². The molecule has 19 heavy (non-hydrogen) atoms. The molecule has 0 saturated carbocycles. The van der Waals surface area contributed by atoms with Gasteiger partial charge in [0.15, 0.2) is 0 Å². The Hall–Kier alpha value is -1.20. The van der Waals surface area contributed by atoms with Gasteiger partial charge in [0, 0.05) is 24.8 Å². The predicted octanol–water partition coefficient (Wildman–Crippen LogP) is 1.21. The maximum Gasteiger partial charge on any atom is 0.129 e. The molecule has 5 heteroatoms. The summed E-state index contributed by atoms with van der Waals surface area (Å²) in [6.45, 7) is 8.15. The standard InChI is InChI=1S/C14H24N4O/c1-11-9-14(17-12(2)16-11)15-10-13-3-5-18(6-4-13)7-8-19/h9,13,19H,3-8,10H2,1-2H3,(H,15,16,17). The molecule has 1 aliphatic rings. The minimum absolute atomic E-state index is 0.266. The van der Waals surface area contributed by atoms with Crippen LogP contribution in [0.5, 0.6) is 0 Å². The maximum absolute atomic E-state index is 8.92. The first-order valence-electron chi connectivity index (χ1n) is 7.06. The fraction of sp³-hybridized carbons (Fsp3) is 0.714. The highest BCUT2D eigenvalue weighted by Crippen LogP contribution is 2.17. The Morgan fingerprint density at radius 2 is 2.05 bits per heavy atom. The zero-order valence-electron chi connectivity index (χ0n) is 11.9. The van der Waals surface area contributed by atoms with Crippen molar-refractivity contribution in [3.63, 3.8) is 0 Å². The highest BCUT2D eigenvalue weighted by atomic mass is 16.3. The Labute approximate surface area is 115 Å². The first kappa shape index (κ1) is 14.2. The first-order chi connectivity index (χ1) is 9.17. The number of aromatic nitrogens is 2. The van der Waals surface area contributed by atoms with Crippen molar-refractivity contribution >= 4 is 5.82 Å². The van der Waals surface area contributed by atoms with Gasteiger partial charge in [0.05, 0.1) is 6.61 Å². The second-order valence-electron chi connectivity index (χ2n) is 5.33. The van der Waals surface area contributed by atoms with Gasteiger partial charge < -0.3 is 15.3 Å². The van der Waals surface area contributed by atoms with Gasteiger partial charge in [-0.2, -0.15) is 0 Å². The van der Waals surface area contributed by atoms with Crippen LogP contribution in [-0.2, 0) is 0 Å². The molecule has 2 N–H and O–H groups in total. The average molecular weight is 264 g/mol. The summed E-state index contributed by atoms with van der Waals surface area (Å²) < 4.78 is 0. The van der Waals surface area contributed by atoms with Gasteiger partial charge >= 0.3 is 0 Å². The average Bonchev–Trinajstić information content (AvgIpc) is 2.37. The Morgan fingerprint density at radius 1 is 1.32 bits per heavy atom. The molecule has 0 aliphatic carbocycles. The molecule has 1 saturated heterocycles. The number of rotatable bonds is 5. The molecule has 0 amide bonds. The van der Waals surface area contributed by atoms with Gasteiger partial charge in [0.1, 0.15) is 11.6 Å². The van der Waals surface area contributed by atoms with Crippen molar-refractivity contribution in [2.24, 2.45) is 5.92 Å². The number of piperidine rings is 1. The number of aliphatic hydroxyl groups is 1. The van der Waals surface area contributed by atoms with Crippen molar-refractivity contribution in [3.8, 4) is 0 Å². The number of nitrogens with one attached hydrogen (secondary N) is 1. The number of aryl methyl sites for hydroxylation is 2. The molecule has 1 aromatic rings. The van der Waals surface area contributed by atoms with Crippen molar-refractivity contribution in [3.05, 3.63) is 17.6 Å². The van der Waals surface area contributed by atoms with Crippen LogP contribution in [0.25, 0.3) is 0 Å². The summed E-state index contributed by atoms with van der Waals surface area (Å²) >= 11 is 0. The molecular formula is C14H24N4O. The van der Waals surface area contributed by atoms with Gasteiger partial charge in [0.2, 0.25) is 0 Å². The van der Waals surface area contributed by atoms with E-state index in [0.29, 0.717) is 5.92 Å². The van der Waals surface area contributed by atoms with Crippen LogP contribution in [-0.4, -0.2) is 52.8 Å². The van der Waals surface area contributed by atoms with E-state index in [2.05, 4.69) is 20.2 Å². The third-order valence-corrected chi connectivity index (χ3v) is 3.66. The maximum atomic E-state index is 8.92. The highest BCUT2D eigenvalue weighted by Gasteiger charge is 2.18. The minimum Gasteiger partial charge on any atom is -0.395 e. The van der Waals surface area contributed by atoms with Crippen molar-refractivity contribution < 1.29 is 5.11 Å². The van der Waals surface area contributed by atoms with Crippen molar-refractivity contribution in [2.45, 2.75) is 26.7 Å². The van der Waals surface area contributed by atoms with Crippen molar-refractivity contribution in [1.29, 1.82) is 0 Å². The molecule has 1 fully saturated rings. The third kappa shape index (κ3) is 4.44. The van der Waals surface area contributed by atoms with Gasteiger partial charge in [-0.05, 0) is 45.7 Å². The predicted molar refractivity (Wildman–Crippen MR) is 76.2 cm³/mol. The highest BCUT2D eigenvalue weighted by molar-refractivity contribution is 5.35. The first-order valence-corrected chi connectivity index (χ1v) is 7.06. The molecule has 2 rings (SSSR count). The molecule has 5 nitrogen and oxygen atoms in total. The SMILES string of the molecule is Cc1cc(NCC2CCN(CCO)CC2)nc(C)n1. The number of likely N-dealkylation sites (tertiary alicyclic amines) is 1. The lowest BCUT2D eigenvalue weighted by Gasteiger charge is -2.31. The lowest BCUT2D eigenvalue weighted by atomic mass is 9.97. The van der Waals surface area contributed by atoms with E-state index < -0.39 is 0 Å². The Morgan fingerprint density at radius 3 is 2.68 bits per heavy atom. The van der Waals surface area contributed by atoms with E-state index in [1.54, 1.807) is 0 Å². The van der Waals surface area contributed by atoms with Gasteiger partial charge in [-0.15, -0.1) is 0 Å². The molecule has 0 radical (unpaired) electrons. The largest absolute Gasteiger partial charge is 0.395 e. The van der Waals surface area contributed by atoms with Gasteiger partial charge in [-0.3, -0.25) is 0 Å². The fourth-order valence-corrected chi connectivity index (χ4v) is 2.61. The summed E-state index contributed by atoms with van der Waals surface area (Å²) in [4.78, 5) is 11.0. The van der Waals surface area contributed by atoms with Crippen molar-refractivity contribution in [1.82, 2.24) is 14.9 Å². The summed E-state index contributed by atoms with van der Waals surface area (Å²) in [6, 6.07) is 1.99. The summed E-state index contributed by atoms with van der Waals surface area (Å²) in [7, 11) is 0. The number of hydrogen-bond acceptors (Lipinski definition) is 5. The number of β-amino-alcohol motifs (C(OH)–C–C–N with tert-alkyl or cyclic N) is 1. The van der Waals surface area contributed by atoms with E-state index in [9.17, 15) is 0 Å². The second kappa shape index (κ2) is 6.82. The third-order valence-electron chi connectivity index (χ3n) is 3.66. The van der Waals surface area contributed by atoms with Gasteiger partial charge in [-0.25, -0.2) is 9.97 Å². The molecule has 0 atom stereocenters. The van der Waals surface area contributed by atoms with Crippen LogP contribution in [0.2, 0.25) is 0 Å². The summed E-state index contributed by atoms with van der Waals surface area (Å²) in [5.74, 6) is 2.45. The quantitative estimate of drug-likeness (QED) is 0.837. The van der Waals surface area contributed by atoms with E-state index >= 15 is 0 Å². The summed E-state index contributed by atoms with van der Waals surface area (Å²) in [6.07, 6.45) is 2.38. The minimum atomic E-state index is 0.266. The molecule has 0 aromatic carbocycles. The van der Waals surface area contributed by atoms with Crippen LogP contribution < -0.4 is 5.32 Å². The van der Waals surface area contributed by atoms with Crippen LogP contribution in [0.3, 0.4) is 0 Å². The molecule has 0 unspecified atom stereocenters. The zero-order chi connectivity index (χ0) is 13.7. The van der Waals surface area contributed by atoms with Crippen LogP contribution in [0.4, 0.5) is 5.82 Å². The number of anilines is 1. The molecule has 1 aliphatic heterocycles. The van der Waals surface area contributed by atoms with E-state index in [1.165, 1.54) is 12.8 Å². The van der Waals surface area contributed by atoms with Crippen LogP contribution in [0.15, 0.2) is 6.07 Å². The molecule has 0 bridgehead atoms. The summed E-state index contributed by atoms with van der Waals surface area (Å²) in [5, 5.41) is 12.3. The molecule has 106 valence electrons. The monoisotopic (exact) mass is 264 g/mol. The van der Waals surface area contributed by atoms with Gasteiger partial charge in [0.25, 0.3) is 0 Å². The smallest absolute Gasteiger partial charge is 0.129 e. The fourth-order valence-electron chi connectivity index (χ4n) is 2.61. The summed E-state index contributed by atoms with van der Waals surface area (Å²) in [5.41, 5.74) is 1.01. The topological polar surface area (TPSA) is 61.3 Å². The van der Waals surface area contributed by atoms with E-state index in [4.69, 9.17) is 5.11 Å².